The van der Waals surface area contributed by atoms with E-state index >= 15 is 0 Å². The van der Waals surface area contributed by atoms with Crippen molar-refractivity contribution in [1.29, 1.82) is 0 Å². The zero-order valence-corrected chi connectivity index (χ0v) is 14.5. The van der Waals surface area contributed by atoms with E-state index < -0.39 is 23.2 Å². The molecule has 0 radical (unpaired) electrons. The Balaban J connectivity index is 2.06. The molecule has 0 aliphatic carbocycles. The van der Waals surface area contributed by atoms with Gasteiger partial charge in [0.15, 0.2) is 5.60 Å². The second kappa shape index (κ2) is 6.84. The van der Waals surface area contributed by atoms with Crippen LogP contribution in [0.25, 0.3) is 0 Å². The predicted octanol–water partition coefficient (Wildman–Crippen LogP) is 5.26. The highest BCUT2D eigenvalue weighted by molar-refractivity contribution is 9.10. The molecule has 0 unspecified atom stereocenters. The molecule has 0 spiro atoms. The number of halogens is 4. The minimum atomic E-state index is -4.41. The molecule has 7 heteroatoms. The van der Waals surface area contributed by atoms with Gasteiger partial charge in [-0.15, -0.1) is 0 Å². The maximum absolute atomic E-state index is 12.5. The van der Waals surface area contributed by atoms with E-state index in [-0.39, 0.29) is 5.69 Å². The predicted molar refractivity (Wildman–Crippen MR) is 88.9 cm³/mol. The molecule has 0 aliphatic rings. The zero-order valence-electron chi connectivity index (χ0n) is 12.9. The van der Waals surface area contributed by atoms with Crippen molar-refractivity contribution in [1.82, 2.24) is 0 Å². The topological polar surface area (TPSA) is 38.3 Å². The molecule has 0 aromatic heterocycles. The Kier molecular flexibility index (Phi) is 5.22. The summed E-state index contributed by atoms with van der Waals surface area (Å²) in [5.41, 5.74) is -1.71. The maximum Gasteiger partial charge on any atom is 0.416 e. The van der Waals surface area contributed by atoms with Gasteiger partial charge in [0, 0.05) is 10.2 Å². The van der Waals surface area contributed by atoms with Crippen LogP contribution in [0.4, 0.5) is 18.9 Å². The molecule has 24 heavy (non-hydrogen) atoms. The molecule has 1 N–H and O–H groups in total. The van der Waals surface area contributed by atoms with Crippen LogP contribution >= 0.6 is 15.9 Å². The van der Waals surface area contributed by atoms with E-state index in [0.717, 1.165) is 16.6 Å². The number of carbonyl (C=O) groups excluding carboxylic acids is 1. The molecule has 0 saturated heterocycles. The second-order valence-electron chi connectivity index (χ2n) is 5.60. The molecular weight excluding hydrogens is 387 g/mol. The van der Waals surface area contributed by atoms with Crippen molar-refractivity contribution in [2.45, 2.75) is 25.6 Å². The summed E-state index contributed by atoms with van der Waals surface area (Å²) >= 11 is 3.30. The van der Waals surface area contributed by atoms with Gasteiger partial charge in [0.05, 0.1) is 5.56 Å². The average molecular weight is 402 g/mol. The van der Waals surface area contributed by atoms with Gasteiger partial charge in [0.2, 0.25) is 0 Å². The lowest BCUT2D eigenvalue weighted by Gasteiger charge is -2.25. The second-order valence-corrected chi connectivity index (χ2v) is 6.51. The molecule has 0 fully saturated rings. The number of anilines is 1. The number of nitrogens with one attached hydrogen (secondary N) is 1. The van der Waals surface area contributed by atoms with E-state index in [9.17, 15) is 18.0 Å². The average Bonchev–Trinajstić information content (AvgIpc) is 2.49. The zero-order chi connectivity index (χ0) is 18.0. The molecule has 1 amide bonds. The van der Waals surface area contributed by atoms with Gasteiger partial charge >= 0.3 is 6.18 Å². The molecule has 0 saturated carbocycles. The fourth-order valence-corrected chi connectivity index (χ4v) is 2.13. The molecule has 128 valence electrons. The largest absolute Gasteiger partial charge is 0.478 e. The van der Waals surface area contributed by atoms with Crippen molar-refractivity contribution < 1.29 is 22.7 Å². The Hall–Kier alpha value is -2.02. The monoisotopic (exact) mass is 401 g/mol. The van der Waals surface area contributed by atoms with Crippen LogP contribution in [0.5, 0.6) is 5.75 Å². The van der Waals surface area contributed by atoms with Crippen molar-refractivity contribution in [3.63, 3.8) is 0 Å². The van der Waals surface area contributed by atoms with Crippen LogP contribution in [0.15, 0.2) is 53.0 Å². The minimum absolute atomic E-state index is 0.264. The van der Waals surface area contributed by atoms with E-state index in [1.54, 1.807) is 38.1 Å². The Morgan fingerprint density at radius 1 is 1.00 bits per heavy atom. The van der Waals surface area contributed by atoms with Crippen molar-refractivity contribution in [3.8, 4) is 5.75 Å². The number of benzene rings is 2. The quantitative estimate of drug-likeness (QED) is 0.758. The van der Waals surface area contributed by atoms with Crippen LogP contribution in [-0.4, -0.2) is 11.5 Å². The van der Waals surface area contributed by atoms with Crippen LogP contribution in [0.1, 0.15) is 19.4 Å². The number of ether oxygens (including phenoxy) is 1. The highest BCUT2D eigenvalue weighted by Crippen LogP contribution is 2.30. The molecule has 2 aromatic rings. The fourth-order valence-electron chi connectivity index (χ4n) is 1.87. The molecule has 0 heterocycles. The molecule has 0 bridgehead atoms. The third-order valence-corrected chi connectivity index (χ3v) is 3.73. The summed E-state index contributed by atoms with van der Waals surface area (Å²) in [5.74, 6) is 0.0379. The van der Waals surface area contributed by atoms with Gasteiger partial charge < -0.3 is 10.1 Å². The van der Waals surface area contributed by atoms with E-state index in [4.69, 9.17) is 4.74 Å². The molecule has 2 aromatic carbocycles. The Bertz CT molecular complexity index is 710. The number of rotatable bonds is 4. The summed E-state index contributed by atoms with van der Waals surface area (Å²) in [6, 6.07) is 11.2. The number of amides is 1. The normalized spacial score (nSPS) is 11.9. The van der Waals surface area contributed by atoms with E-state index in [1.807, 2.05) is 0 Å². The Morgan fingerprint density at radius 3 is 2.04 bits per heavy atom. The van der Waals surface area contributed by atoms with Crippen molar-refractivity contribution >= 4 is 27.5 Å². The third kappa shape index (κ3) is 4.74. The highest BCUT2D eigenvalue weighted by atomic mass is 79.9. The number of alkyl halides is 3. The lowest BCUT2D eigenvalue weighted by Crippen LogP contribution is -2.42. The first-order valence-electron chi connectivity index (χ1n) is 7.01. The smallest absolute Gasteiger partial charge is 0.416 e. The van der Waals surface area contributed by atoms with Gasteiger partial charge in [-0.05, 0) is 62.4 Å². The summed E-state index contributed by atoms with van der Waals surface area (Å²) in [7, 11) is 0. The minimum Gasteiger partial charge on any atom is -0.478 e. The van der Waals surface area contributed by atoms with E-state index in [0.29, 0.717) is 5.75 Å². The number of hydrogen-bond acceptors (Lipinski definition) is 2. The highest BCUT2D eigenvalue weighted by Gasteiger charge is 2.32. The standard InChI is InChI=1S/C17H15BrF3NO2/c1-16(2,24-14-9-5-12(18)6-10-14)15(23)22-13-7-3-11(4-8-13)17(19,20)21/h3-10H,1-2H3,(H,22,23). The summed E-state index contributed by atoms with van der Waals surface area (Å²) in [6.45, 7) is 3.16. The lowest BCUT2D eigenvalue weighted by molar-refractivity contribution is -0.137. The Labute approximate surface area is 146 Å². The van der Waals surface area contributed by atoms with Crippen LogP contribution in [0, 0.1) is 0 Å². The first-order valence-corrected chi connectivity index (χ1v) is 7.80. The number of carbonyl (C=O) groups is 1. The van der Waals surface area contributed by atoms with E-state index in [2.05, 4.69) is 21.2 Å². The summed E-state index contributed by atoms with van der Waals surface area (Å²) in [4.78, 5) is 12.3. The van der Waals surface area contributed by atoms with Gasteiger partial charge in [-0.25, -0.2) is 0 Å². The van der Waals surface area contributed by atoms with Gasteiger partial charge in [-0.1, -0.05) is 15.9 Å². The van der Waals surface area contributed by atoms with Crippen molar-refractivity contribution in [3.05, 3.63) is 58.6 Å². The van der Waals surface area contributed by atoms with Gasteiger partial charge in [0.25, 0.3) is 5.91 Å². The van der Waals surface area contributed by atoms with Crippen LogP contribution in [0.2, 0.25) is 0 Å². The summed E-state index contributed by atoms with van der Waals surface area (Å²) in [6.07, 6.45) is -4.41. The molecule has 2 rings (SSSR count). The molecule has 3 nitrogen and oxygen atoms in total. The fraction of sp³-hybridized carbons (Fsp3) is 0.235. The van der Waals surface area contributed by atoms with Crippen LogP contribution in [-0.2, 0) is 11.0 Å². The number of hydrogen-bond donors (Lipinski definition) is 1. The van der Waals surface area contributed by atoms with Gasteiger partial charge in [0.1, 0.15) is 5.75 Å². The molecule has 0 aliphatic heterocycles. The first kappa shape index (κ1) is 18.3. The van der Waals surface area contributed by atoms with Crippen LogP contribution in [0.3, 0.4) is 0 Å². The van der Waals surface area contributed by atoms with Crippen LogP contribution < -0.4 is 10.1 Å². The lowest BCUT2D eigenvalue weighted by atomic mass is 10.1. The molecule has 0 atom stereocenters. The van der Waals surface area contributed by atoms with Crippen molar-refractivity contribution in [2.24, 2.45) is 0 Å². The van der Waals surface area contributed by atoms with Gasteiger partial charge in [-0.3, -0.25) is 4.79 Å². The maximum atomic E-state index is 12.5. The third-order valence-electron chi connectivity index (χ3n) is 3.20. The summed E-state index contributed by atoms with van der Waals surface area (Å²) in [5, 5.41) is 2.55. The SMILES string of the molecule is CC(C)(Oc1ccc(Br)cc1)C(=O)Nc1ccc(C(F)(F)F)cc1. The van der Waals surface area contributed by atoms with Crippen molar-refractivity contribution in [2.75, 3.05) is 5.32 Å². The van der Waals surface area contributed by atoms with Gasteiger partial charge in [-0.2, -0.15) is 13.2 Å². The van der Waals surface area contributed by atoms with E-state index in [1.165, 1.54) is 12.1 Å². The molecular formula is C17H15BrF3NO2. The summed E-state index contributed by atoms with van der Waals surface area (Å²) < 4.78 is 44.1. The first-order chi connectivity index (χ1) is 11.1. The Morgan fingerprint density at radius 2 is 1.54 bits per heavy atom.